The molecule has 10 heteroatoms. The maximum atomic E-state index is 13.6. The number of hydrogen-bond donors (Lipinski definition) is 4. The first kappa shape index (κ1) is 26.1. The van der Waals surface area contributed by atoms with Crippen LogP contribution >= 0.6 is 0 Å². The zero-order valence-electron chi connectivity index (χ0n) is 23.7. The summed E-state index contributed by atoms with van der Waals surface area (Å²) >= 11 is 0. The fraction of sp³-hybridized carbons (Fsp3) is 0.281. The summed E-state index contributed by atoms with van der Waals surface area (Å²) in [6, 6.07) is 14.3. The number of carbonyl (C=O) groups is 1. The predicted octanol–water partition coefficient (Wildman–Crippen LogP) is 5.11. The molecule has 0 spiro atoms. The molecule has 2 unspecified atom stereocenters. The van der Waals surface area contributed by atoms with Gasteiger partial charge in [-0.15, -0.1) is 0 Å². The number of nitrogens with one attached hydrogen (secondary N) is 3. The van der Waals surface area contributed by atoms with Gasteiger partial charge in [-0.2, -0.15) is 5.10 Å². The first-order valence-corrected chi connectivity index (χ1v) is 14.4. The number of rotatable bonds is 6. The van der Waals surface area contributed by atoms with E-state index in [1.807, 2.05) is 54.5 Å². The van der Waals surface area contributed by atoms with Crippen LogP contribution in [0.1, 0.15) is 53.1 Å². The zero-order valence-corrected chi connectivity index (χ0v) is 23.7. The number of nitrogens with two attached hydrogens (primary N) is 1. The number of H-pyrrole nitrogens is 3. The second-order valence-electron chi connectivity index (χ2n) is 11.4. The minimum atomic E-state index is -0.0669. The highest BCUT2D eigenvalue weighted by Gasteiger charge is 2.28. The smallest absolute Gasteiger partial charge is 0.271 e. The predicted molar refractivity (Wildman–Crippen MR) is 163 cm³/mol. The van der Waals surface area contributed by atoms with Crippen molar-refractivity contribution >= 4 is 27.8 Å². The molecular weight excluding hydrogens is 526 g/mol. The second-order valence-corrected chi connectivity index (χ2v) is 11.4. The summed E-state index contributed by atoms with van der Waals surface area (Å²) in [5.41, 5.74) is 14.4. The van der Waals surface area contributed by atoms with Gasteiger partial charge >= 0.3 is 0 Å². The molecule has 1 amide bonds. The quantitative estimate of drug-likeness (QED) is 0.223. The highest BCUT2D eigenvalue weighted by atomic mass is 16.2. The van der Waals surface area contributed by atoms with Crippen molar-refractivity contribution in [3.63, 3.8) is 0 Å². The Morgan fingerprint density at radius 1 is 1.12 bits per heavy atom. The average Bonchev–Trinajstić information content (AvgIpc) is 3.75. The summed E-state index contributed by atoms with van der Waals surface area (Å²) in [5.74, 6) is 1.58. The Balaban J connectivity index is 1.14. The Bertz CT molecular complexity index is 1880. The van der Waals surface area contributed by atoms with Crippen molar-refractivity contribution in [2.75, 3.05) is 13.1 Å². The van der Waals surface area contributed by atoms with Crippen LogP contribution in [0.4, 0.5) is 0 Å². The van der Waals surface area contributed by atoms with Gasteiger partial charge in [0.2, 0.25) is 0 Å². The third-order valence-electron chi connectivity index (χ3n) is 8.27. The van der Waals surface area contributed by atoms with E-state index in [1.165, 1.54) is 5.56 Å². The summed E-state index contributed by atoms with van der Waals surface area (Å²) < 4.78 is 0. The molecule has 212 valence electrons. The Morgan fingerprint density at radius 3 is 2.86 bits per heavy atom. The number of carbonyl (C=O) groups excluding carboxylic acids is 1. The van der Waals surface area contributed by atoms with E-state index in [0.717, 1.165) is 63.7 Å². The molecule has 2 aromatic carbocycles. The van der Waals surface area contributed by atoms with Gasteiger partial charge in [0.25, 0.3) is 5.91 Å². The zero-order chi connectivity index (χ0) is 28.8. The summed E-state index contributed by atoms with van der Waals surface area (Å²) in [7, 11) is 0. The number of nitrogens with zero attached hydrogens (tertiary/aromatic N) is 5. The van der Waals surface area contributed by atoms with Crippen LogP contribution in [0.2, 0.25) is 0 Å². The SMILES string of the molecule is Cc1c(CC(C)N)cncc1-c1ccc2[nH]nc(-c3ncc(C(=O)N4CCCC(c5nc6ccccc6[nH]5)C4)[nH]3)c2c1. The Hall–Kier alpha value is -4.83. The van der Waals surface area contributed by atoms with Gasteiger partial charge in [-0.3, -0.25) is 14.9 Å². The first-order chi connectivity index (χ1) is 20.4. The number of benzene rings is 2. The second kappa shape index (κ2) is 10.5. The van der Waals surface area contributed by atoms with E-state index in [9.17, 15) is 4.79 Å². The minimum Gasteiger partial charge on any atom is -0.342 e. The normalized spacial score (nSPS) is 16.4. The van der Waals surface area contributed by atoms with Crippen molar-refractivity contribution in [2.24, 2.45) is 5.73 Å². The highest BCUT2D eigenvalue weighted by Crippen LogP contribution is 2.32. The van der Waals surface area contributed by atoms with Gasteiger partial charge in [0, 0.05) is 48.4 Å². The molecule has 2 atom stereocenters. The van der Waals surface area contributed by atoms with Crippen molar-refractivity contribution in [1.29, 1.82) is 0 Å². The maximum absolute atomic E-state index is 13.6. The van der Waals surface area contributed by atoms with E-state index in [-0.39, 0.29) is 17.9 Å². The number of piperidine rings is 1. The molecule has 5 N–H and O–H groups in total. The monoisotopic (exact) mass is 559 g/mol. The number of aromatic amines is 3. The van der Waals surface area contributed by atoms with E-state index in [0.29, 0.717) is 30.3 Å². The molecule has 0 saturated carbocycles. The van der Waals surface area contributed by atoms with E-state index < -0.39 is 0 Å². The van der Waals surface area contributed by atoms with E-state index >= 15 is 0 Å². The lowest BCUT2D eigenvalue weighted by molar-refractivity contribution is 0.0699. The fourth-order valence-electron chi connectivity index (χ4n) is 6.05. The topological polar surface area (TPSA) is 145 Å². The van der Waals surface area contributed by atoms with Crippen LogP contribution in [0.25, 0.3) is 44.6 Å². The molecular formula is C32H33N9O. The van der Waals surface area contributed by atoms with E-state index in [1.54, 1.807) is 6.20 Å². The Morgan fingerprint density at radius 2 is 2.00 bits per heavy atom. The molecule has 0 radical (unpaired) electrons. The molecule has 10 nitrogen and oxygen atoms in total. The summed E-state index contributed by atoms with van der Waals surface area (Å²) in [6.07, 6.45) is 8.07. The largest absolute Gasteiger partial charge is 0.342 e. The molecule has 1 aliphatic heterocycles. The molecule has 1 aliphatic rings. The molecule has 0 aliphatic carbocycles. The van der Waals surface area contributed by atoms with Gasteiger partial charge in [0.15, 0.2) is 5.82 Å². The first-order valence-electron chi connectivity index (χ1n) is 14.4. The van der Waals surface area contributed by atoms with Gasteiger partial charge in [-0.25, -0.2) is 9.97 Å². The fourth-order valence-corrected chi connectivity index (χ4v) is 6.05. The van der Waals surface area contributed by atoms with Gasteiger partial charge in [0.1, 0.15) is 17.2 Å². The standard InChI is InChI=1S/C32H33N9O/c1-18(33)12-22-14-34-15-24(19(22)2)20-9-10-25-23(13-20)29(40-39-25)31-35-16-28(38-31)32(42)41-11-5-6-21(17-41)30-36-26-7-3-4-8-27(26)37-30/h3-4,7-10,13-16,18,21H,5-6,11-12,17,33H2,1-2H3,(H,35,38)(H,36,37)(H,39,40). The van der Waals surface area contributed by atoms with Gasteiger partial charge in [-0.1, -0.05) is 18.2 Å². The average molecular weight is 560 g/mol. The third kappa shape index (κ3) is 4.73. The Kier molecular flexibility index (Phi) is 6.54. The van der Waals surface area contributed by atoms with Crippen molar-refractivity contribution in [3.05, 3.63) is 83.7 Å². The van der Waals surface area contributed by atoms with Crippen LogP contribution < -0.4 is 5.73 Å². The van der Waals surface area contributed by atoms with Crippen molar-refractivity contribution in [3.8, 4) is 22.6 Å². The lowest BCUT2D eigenvalue weighted by Crippen LogP contribution is -2.39. The molecule has 4 aromatic heterocycles. The number of fused-ring (bicyclic) bond motifs is 2. The lowest BCUT2D eigenvalue weighted by atomic mass is 9.95. The van der Waals surface area contributed by atoms with Crippen LogP contribution in [0.5, 0.6) is 0 Å². The van der Waals surface area contributed by atoms with Crippen LogP contribution in [0.3, 0.4) is 0 Å². The number of amides is 1. The summed E-state index contributed by atoms with van der Waals surface area (Å²) in [6.45, 7) is 5.42. The Labute approximate surface area is 242 Å². The van der Waals surface area contributed by atoms with Crippen LogP contribution in [0, 0.1) is 6.92 Å². The van der Waals surface area contributed by atoms with Crippen LogP contribution in [-0.2, 0) is 6.42 Å². The van der Waals surface area contributed by atoms with Crippen molar-refractivity contribution < 1.29 is 4.79 Å². The molecule has 1 saturated heterocycles. The number of aromatic nitrogens is 7. The maximum Gasteiger partial charge on any atom is 0.271 e. The minimum absolute atomic E-state index is 0.0562. The molecule has 6 aromatic rings. The van der Waals surface area contributed by atoms with Crippen LogP contribution in [0.15, 0.2) is 61.1 Å². The number of imidazole rings is 2. The summed E-state index contributed by atoms with van der Waals surface area (Å²) in [5, 5.41) is 8.57. The highest BCUT2D eigenvalue weighted by molar-refractivity contribution is 5.96. The van der Waals surface area contributed by atoms with E-state index in [2.05, 4.69) is 49.2 Å². The summed E-state index contributed by atoms with van der Waals surface area (Å²) in [4.78, 5) is 36.0. The third-order valence-corrected chi connectivity index (χ3v) is 8.27. The molecule has 5 heterocycles. The van der Waals surface area contributed by atoms with Gasteiger partial charge < -0.3 is 20.6 Å². The van der Waals surface area contributed by atoms with Gasteiger partial charge in [0.05, 0.1) is 22.7 Å². The van der Waals surface area contributed by atoms with Gasteiger partial charge in [-0.05, 0) is 74.1 Å². The molecule has 0 bridgehead atoms. The van der Waals surface area contributed by atoms with E-state index in [4.69, 9.17) is 10.7 Å². The molecule has 42 heavy (non-hydrogen) atoms. The number of likely N-dealkylation sites (tertiary alicyclic amines) is 1. The van der Waals surface area contributed by atoms with Crippen molar-refractivity contribution in [2.45, 2.75) is 45.1 Å². The van der Waals surface area contributed by atoms with Crippen LogP contribution in [-0.4, -0.2) is 65.1 Å². The lowest BCUT2D eigenvalue weighted by Gasteiger charge is -2.31. The number of pyridine rings is 1. The number of hydrogen-bond acceptors (Lipinski definition) is 6. The number of para-hydroxylation sites is 2. The van der Waals surface area contributed by atoms with Crippen molar-refractivity contribution in [1.82, 2.24) is 40.0 Å². The molecule has 7 rings (SSSR count). The molecule has 1 fully saturated rings.